The first-order valence-corrected chi connectivity index (χ1v) is 23.4. The van der Waals surface area contributed by atoms with Crippen molar-refractivity contribution in [3.8, 4) is 0 Å². The average molecular weight is 846 g/mol. The predicted octanol–water partition coefficient (Wildman–Crippen LogP) is 8.03. The summed E-state index contributed by atoms with van der Waals surface area (Å²) in [4.78, 5) is 64.3. The number of carbonyl (C=O) groups excluding carboxylic acids is 4. The fourth-order valence-electron chi connectivity index (χ4n) is 6.72. The number of carboxylic acid groups (broad SMARTS) is 1. The molecule has 0 unspecified atom stereocenters. The molecule has 0 aromatic rings. The Kier molecular flexibility index (Phi) is 36.0. The van der Waals surface area contributed by atoms with E-state index in [9.17, 15) is 39.3 Å². The molecule has 14 heteroatoms. The highest BCUT2D eigenvalue weighted by Crippen LogP contribution is 2.27. The van der Waals surface area contributed by atoms with Gasteiger partial charge in [-0.3, -0.25) is 24.5 Å². The smallest absolute Gasteiger partial charge is 0.328 e. The summed E-state index contributed by atoms with van der Waals surface area (Å²) >= 11 is 4.51. The van der Waals surface area contributed by atoms with Crippen LogP contribution >= 0.6 is 12.6 Å². The molecule has 0 radical (unpaired) electrons. The Balaban J connectivity index is 5.38. The number of carboxylic acids is 1. The third-order valence-electron chi connectivity index (χ3n) is 10.3. The maximum atomic E-state index is 13.7. The van der Waals surface area contributed by atoms with Gasteiger partial charge in [0.05, 0.1) is 13.2 Å². The van der Waals surface area contributed by atoms with Crippen LogP contribution in [0, 0.1) is 0 Å². The van der Waals surface area contributed by atoms with Crippen LogP contribution in [0.4, 0.5) is 0 Å². The van der Waals surface area contributed by atoms with Gasteiger partial charge < -0.3 is 35.4 Å². The molecule has 2 amide bonds. The van der Waals surface area contributed by atoms with E-state index in [1.165, 1.54) is 103 Å². The third kappa shape index (κ3) is 28.9. The van der Waals surface area contributed by atoms with Crippen LogP contribution in [0.2, 0.25) is 0 Å². The maximum absolute atomic E-state index is 13.7. The van der Waals surface area contributed by atoms with Gasteiger partial charge in [0.1, 0.15) is 12.1 Å². The zero-order chi connectivity index (χ0) is 43.3. The molecule has 58 heavy (non-hydrogen) atoms. The Morgan fingerprint density at radius 1 is 0.500 bits per heavy atom. The van der Waals surface area contributed by atoms with E-state index in [4.69, 9.17) is 9.47 Å². The van der Waals surface area contributed by atoms with Gasteiger partial charge >= 0.3 is 23.0 Å². The van der Waals surface area contributed by atoms with E-state index in [0.29, 0.717) is 19.3 Å². The van der Waals surface area contributed by atoms with Gasteiger partial charge in [-0.25, -0.2) is 4.79 Å². The normalized spacial score (nSPS) is 13.1. The fraction of sp³-hybridized carbons (Fsp3) is 0.886. The molecular formula is C44H83N3O10S. The molecule has 0 saturated carbocycles. The first kappa shape index (κ1) is 55.6. The molecule has 0 aromatic heterocycles. The molecule has 13 nitrogen and oxygen atoms in total. The minimum absolute atomic E-state index is 0.0119. The van der Waals surface area contributed by atoms with Gasteiger partial charge in [-0.2, -0.15) is 0 Å². The fourth-order valence-corrected chi connectivity index (χ4v) is 7.14. The van der Waals surface area contributed by atoms with Crippen molar-refractivity contribution in [1.29, 1.82) is 0 Å². The molecule has 0 heterocycles. The number of ether oxygens (including phenoxy) is 2. The summed E-state index contributed by atoms with van der Waals surface area (Å²) in [5, 5.41) is 33.3. The van der Waals surface area contributed by atoms with Crippen molar-refractivity contribution in [3.63, 3.8) is 0 Å². The van der Waals surface area contributed by atoms with E-state index >= 15 is 0 Å². The van der Waals surface area contributed by atoms with Crippen LogP contribution in [0.1, 0.15) is 207 Å². The van der Waals surface area contributed by atoms with Crippen molar-refractivity contribution < 1.29 is 48.8 Å². The number of nitrogens with one attached hydrogen (secondary N) is 3. The van der Waals surface area contributed by atoms with Crippen LogP contribution in [-0.4, -0.2) is 88.0 Å². The molecule has 0 aliphatic heterocycles. The summed E-state index contributed by atoms with van der Waals surface area (Å²) in [6, 6.07) is -4.93. The second kappa shape index (κ2) is 37.6. The van der Waals surface area contributed by atoms with E-state index in [-0.39, 0.29) is 19.4 Å². The maximum Gasteiger partial charge on any atom is 0.328 e. The average Bonchev–Trinajstić information content (AvgIpc) is 3.19. The first-order chi connectivity index (χ1) is 28.0. The van der Waals surface area contributed by atoms with Crippen molar-refractivity contribution >= 4 is 42.4 Å². The molecule has 0 aliphatic carbocycles. The van der Waals surface area contributed by atoms with E-state index in [2.05, 4.69) is 42.4 Å². The summed E-state index contributed by atoms with van der Waals surface area (Å²) in [6.45, 7) is 4.64. The highest BCUT2D eigenvalue weighted by molar-refractivity contribution is 7.81. The van der Waals surface area contributed by atoms with E-state index < -0.39 is 66.2 Å². The van der Waals surface area contributed by atoms with Crippen molar-refractivity contribution in [3.05, 3.63) is 0 Å². The minimum atomic E-state index is -2.41. The number of amides is 2. The van der Waals surface area contributed by atoms with E-state index in [1.807, 2.05) is 6.92 Å². The molecule has 0 rings (SSSR count). The molecule has 0 bridgehead atoms. The standard InChI is InChI=1S/C44H83N3O10S/c1-4-7-9-11-13-15-17-19-21-23-25-27-29-31-38(50)56-44(58,57-39(51)32-30-28-26-24-22-20-18-16-14-12-10-8-5-2)40(45-33-6-3)42(53)46-36(34-48)41(52)47-37(35-49)43(54)55/h36-37,40,45,48-49,58H,4-35H2,1-3H3,(H,46,53)(H,47,52)(H,54,55)/t36-,37-,40+/m0/s1. The number of aliphatic carboxylic acids is 1. The number of hydrogen-bond acceptors (Lipinski definition) is 11. The van der Waals surface area contributed by atoms with Crippen LogP contribution in [0.15, 0.2) is 0 Å². The molecular weight excluding hydrogens is 763 g/mol. The lowest BCUT2D eigenvalue weighted by Crippen LogP contribution is -2.63. The van der Waals surface area contributed by atoms with Crippen LogP contribution in [0.25, 0.3) is 0 Å². The number of carbonyl (C=O) groups is 5. The number of hydrogen-bond donors (Lipinski definition) is 7. The Labute approximate surface area is 356 Å². The van der Waals surface area contributed by atoms with Gasteiger partial charge in [0.15, 0.2) is 6.04 Å². The largest absolute Gasteiger partial charge is 0.480 e. The molecule has 0 fully saturated rings. The monoisotopic (exact) mass is 846 g/mol. The van der Waals surface area contributed by atoms with Crippen LogP contribution in [0.5, 0.6) is 0 Å². The highest BCUT2D eigenvalue weighted by atomic mass is 32.1. The second-order valence-corrected chi connectivity index (χ2v) is 16.4. The molecule has 3 atom stereocenters. The predicted molar refractivity (Wildman–Crippen MR) is 232 cm³/mol. The van der Waals surface area contributed by atoms with Gasteiger partial charge in [0, 0.05) is 12.8 Å². The summed E-state index contributed by atoms with van der Waals surface area (Å²) in [6.07, 6.45) is 30.1. The number of rotatable bonds is 41. The Morgan fingerprint density at radius 3 is 1.14 bits per heavy atom. The lowest BCUT2D eigenvalue weighted by Gasteiger charge is -2.35. The molecule has 0 aliphatic rings. The van der Waals surface area contributed by atoms with Crippen molar-refractivity contribution in [2.24, 2.45) is 0 Å². The first-order valence-electron chi connectivity index (χ1n) is 22.9. The highest BCUT2D eigenvalue weighted by Gasteiger charge is 2.48. The zero-order valence-electron chi connectivity index (χ0n) is 36.5. The summed E-state index contributed by atoms with van der Waals surface area (Å²) in [5.74, 6) is -5.01. The second-order valence-electron chi connectivity index (χ2n) is 15.8. The minimum Gasteiger partial charge on any atom is -0.480 e. The number of esters is 2. The van der Waals surface area contributed by atoms with Crippen LogP contribution in [-0.2, 0) is 33.4 Å². The summed E-state index contributed by atoms with van der Waals surface area (Å²) < 4.78 is 11.4. The van der Waals surface area contributed by atoms with Gasteiger partial charge in [-0.05, 0) is 25.8 Å². The van der Waals surface area contributed by atoms with Gasteiger partial charge in [0.25, 0.3) is 0 Å². The van der Waals surface area contributed by atoms with Gasteiger partial charge in [-0.1, -0.05) is 187 Å². The molecule has 6 N–H and O–H groups in total. The quantitative estimate of drug-likeness (QED) is 0.0136. The molecule has 0 saturated heterocycles. The summed E-state index contributed by atoms with van der Waals surface area (Å²) in [7, 11) is 0. The van der Waals surface area contributed by atoms with Crippen LogP contribution in [0.3, 0.4) is 0 Å². The van der Waals surface area contributed by atoms with Gasteiger partial charge in [0.2, 0.25) is 11.8 Å². The topological polar surface area (TPSA) is 201 Å². The van der Waals surface area contributed by atoms with Gasteiger partial charge in [-0.15, -0.1) is 0 Å². The molecule has 0 aromatic carbocycles. The number of aliphatic hydroxyl groups excluding tert-OH is 2. The van der Waals surface area contributed by atoms with E-state index in [0.717, 1.165) is 51.4 Å². The SMILES string of the molecule is CCCCCCCCCCCCCCCC(=O)OC(S)(OC(=O)CCCCCCCCCCCCCCC)[C@H](NCCC)C(=O)N[C@@H](CO)C(=O)N[C@@H](CO)C(=O)O. The Hall–Kier alpha value is -2.42. The van der Waals surface area contributed by atoms with Crippen LogP contribution < -0.4 is 16.0 Å². The zero-order valence-corrected chi connectivity index (χ0v) is 37.4. The number of thiol groups is 1. The molecule has 340 valence electrons. The van der Waals surface area contributed by atoms with E-state index in [1.54, 1.807) is 0 Å². The Bertz CT molecular complexity index is 1040. The van der Waals surface area contributed by atoms with Crippen molar-refractivity contribution in [2.75, 3.05) is 19.8 Å². The third-order valence-corrected chi connectivity index (χ3v) is 10.8. The number of aliphatic hydroxyl groups is 2. The Morgan fingerprint density at radius 2 is 0.828 bits per heavy atom. The van der Waals surface area contributed by atoms with Crippen molar-refractivity contribution in [1.82, 2.24) is 16.0 Å². The number of unbranched alkanes of at least 4 members (excludes halogenated alkanes) is 24. The lowest BCUT2D eigenvalue weighted by molar-refractivity contribution is -0.204. The van der Waals surface area contributed by atoms with Crippen molar-refractivity contribution in [2.45, 2.75) is 230 Å². The summed E-state index contributed by atoms with van der Waals surface area (Å²) in [5.41, 5.74) is 0. The lowest BCUT2D eigenvalue weighted by atomic mass is 10.0. The molecule has 0 spiro atoms.